The zero-order valence-corrected chi connectivity index (χ0v) is 14.2. The first-order chi connectivity index (χ1) is 10.2. The van der Waals surface area contributed by atoms with Gasteiger partial charge in [0, 0.05) is 11.4 Å². The molecule has 1 aliphatic rings. The van der Waals surface area contributed by atoms with Crippen LogP contribution in [0.3, 0.4) is 0 Å². The first kappa shape index (κ1) is 14.8. The van der Waals surface area contributed by atoms with E-state index in [1.807, 2.05) is 6.92 Å². The fourth-order valence-electron chi connectivity index (χ4n) is 3.11. The zero-order chi connectivity index (χ0) is 14.8. The molecule has 3 N–H and O–H groups in total. The number of nitrogens with zero attached hydrogens (tertiary/aromatic N) is 2. The second kappa shape index (κ2) is 6.32. The molecule has 0 radical (unpaired) electrons. The highest BCUT2D eigenvalue weighted by Crippen LogP contribution is 2.39. The van der Waals surface area contributed by atoms with Crippen LogP contribution in [-0.4, -0.2) is 15.4 Å². The molecule has 114 valence electrons. The maximum Gasteiger partial charge on any atom is 0.148 e. The van der Waals surface area contributed by atoms with Crippen molar-refractivity contribution in [3.05, 3.63) is 10.4 Å². The number of nitrogen functional groups attached to an aromatic ring is 1. The van der Waals surface area contributed by atoms with Crippen LogP contribution >= 0.6 is 22.9 Å². The third kappa shape index (κ3) is 3.21. The van der Waals surface area contributed by atoms with E-state index in [1.165, 1.54) is 43.6 Å². The van der Waals surface area contributed by atoms with Gasteiger partial charge in [-0.25, -0.2) is 4.98 Å². The maximum absolute atomic E-state index is 6.07. The second-order valence-electron chi connectivity index (χ2n) is 5.81. The summed E-state index contributed by atoms with van der Waals surface area (Å²) >= 11 is 3.11. The fraction of sp³-hybridized carbons (Fsp3) is 0.600. The number of nitrogens with two attached hydrogens (primary N) is 1. The minimum absolute atomic E-state index is 0.544. The predicted molar refractivity (Wildman–Crippen MR) is 92.0 cm³/mol. The Bertz CT molecular complexity index is 605. The summed E-state index contributed by atoms with van der Waals surface area (Å²) in [6.45, 7) is 4.31. The first-order valence-corrected chi connectivity index (χ1v) is 9.26. The van der Waals surface area contributed by atoms with Crippen molar-refractivity contribution in [3.63, 3.8) is 0 Å². The Morgan fingerprint density at radius 2 is 2.29 bits per heavy atom. The predicted octanol–water partition coefficient (Wildman–Crippen LogP) is 4.54. The Morgan fingerprint density at radius 3 is 3.00 bits per heavy atom. The molecule has 1 saturated carbocycles. The average molecular weight is 323 g/mol. The highest BCUT2D eigenvalue weighted by Gasteiger charge is 2.23. The van der Waals surface area contributed by atoms with Crippen LogP contribution in [0.1, 0.15) is 44.0 Å². The van der Waals surface area contributed by atoms with E-state index in [2.05, 4.69) is 27.0 Å². The van der Waals surface area contributed by atoms with Crippen molar-refractivity contribution in [1.29, 1.82) is 0 Å². The van der Waals surface area contributed by atoms with Gasteiger partial charge in [-0.15, -0.1) is 11.3 Å². The van der Waals surface area contributed by atoms with Crippen LogP contribution < -0.4 is 11.1 Å². The molecule has 2 heterocycles. The van der Waals surface area contributed by atoms with E-state index in [1.54, 1.807) is 11.3 Å². The molecule has 6 heteroatoms. The van der Waals surface area contributed by atoms with Gasteiger partial charge in [0.15, 0.2) is 0 Å². The van der Waals surface area contributed by atoms with Gasteiger partial charge >= 0.3 is 0 Å². The molecule has 4 nitrogen and oxygen atoms in total. The number of anilines is 2. The Balaban J connectivity index is 1.80. The molecule has 0 spiro atoms. The molecule has 21 heavy (non-hydrogen) atoms. The molecule has 0 aromatic carbocycles. The summed E-state index contributed by atoms with van der Waals surface area (Å²) in [5, 5.41) is 7.89. The van der Waals surface area contributed by atoms with Crippen molar-refractivity contribution >= 4 is 33.7 Å². The molecule has 2 aromatic heterocycles. The molecule has 2 unspecified atom stereocenters. The summed E-state index contributed by atoms with van der Waals surface area (Å²) in [5.74, 6) is 1.45. The Hall–Kier alpha value is -1.14. The van der Waals surface area contributed by atoms with Crippen molar-refractivity contribution in [3.8, 4) is 11.3 Å². The van der Waals surface area contributed by atoms with E-state index in [0.29, 0.717) is 11.9 Å². The quantitative estimate of drug-likeness (QED) is 0.867. The van der Waals surface area contributed by atoms with Crippen molar-refractivity contribution < 1.29 is 0 Å². The summed E-state index contributed by atoms with van der Waals surface area (Å²) in [6, 6.07) is 0.544. The topological polar surface area (TPSA) is 63.8 Å². The maximum atomic E-state index is 6.07. The van der Waals surface area contributed by atoms with Gasteiger partial charge in [0.1, 0.15) is 10.8 Å². The third-order valence-corrected chi connectivity index (χ3v) is 5.86. The number of aryl methyl sites for hydroxylation is 1. The highest BCUT2D eigenvalue weighted by atomic mass is 32.1. The van der Waals surface area contributed by atoms with Gasteiger partial charge in [-0.1, -0.05) is 26.2 Å². The molecule has 1 aliphatic carbocycles. The Kier molecular flexibility index (Phi) is 4.45. The SMILES string of the molecule is CCC1CCCC(Nc2snc(N)c2-c2csc(C)n2)C1. The van der Waals surface area contributed by atoms with Gasteiger partial charge in [0.05, 0.1) is 16.3 Å². The van der Waals surface area contributed by atoms with Crippen LogP contribution in [0.15, 0.2) is 5.38 Å². The van der Waals surface area contributed by atoms with E-state index >= 15 is 0 Å². The van der Waals surface area contributed by atoms with Crippen molar-refractivity contribution in [2.75, 3.05) is 11.1 Å². The summed E-state index contributed by atoms with van der Waals surface area (Å²) < 4.78 is 4.33. The smallest absolute Gasteiger partial charge is 0.148 e. The minimum Gasteiger partial charge on any atom is -0.382 e. The van der Waals surface area contributed by atoms with Gasteiger partial charge in [0.2, 0.25) is 0 Å². The van der Waals surface area contributed by atoms with E-state index in [0.717, 1.165) is 27.2 Å². The average Bonchev–Trinajstić information content (AvgIpc) is 3.05. The number of aromatic nitrogens is 2. The fourth-order valence-corrected chi connectivity index (χ4v) is 4.51. The first-order valence-electron chi connectivity index (χ1n) is 7.61. The summed E-state index contributed by atoms with van der Waals surface area (Å²) in [5.41, 5.74) is 8.01. The van der Waals surface area contributed by atoms with Crippen LogP contribution in [0.5, 0.6) is 0 Å². The van der Waals surface area contributed by atoms with E-state index in [9.17, 15) is 0 Å². The Labute approximate surface area is 134 Å². The lowest BCUT2D eigenvalue weighted by Gasteiger charge is -2.29. The third-order valence-electron chi connectivity index (χ3n) is 4.29. The molecule has 0 bridgehead atoms. The van der Waals surface area contributed by atoms with Gasteiger partial charge in [-0.05, 0) is 37.2 Å². The molecular formula is C15H22N4S2. The van der Waals surface area contributed by atoms with Crippen LogP contribution in [0.4, 0.5) is 10.8 Å². The number of hydrogen-bond donors (Lipinski definition) is 2. The van der Waals surface area contributed by atoms with Gasteiger partial charge in [-0.3, -0.25) is 0 Å². The molecule has 1 fully saturated rings. The zero-order valence-electron chi connectivity index (χ0n) is 12.6. The van der Waals surface area contributed by atoms with E-state index in [-0.39, 0.29) is 0 Å². The Morgan fingerprint density at radius 1 is 1.43 bits per heavy atom. The van der Waals surface area contributed by atoms with Crippen molar-refractivity contribution in [2.24, 2.45) is 5.92 Å². The van der Waals surface area contributed by atoms with Gasteiger partial charge in [-0.2, -0.15) is 4.37 Å². The summed E-state index contributed by atoms with van der Waals surface area (Å²) in [4.78, 5) is 4.56. The molecule has 0 aliphatic heterocycles. The standard InChI is InChI=1S/C15H22N4S2/c1-3-10-5-4-6-11(7-10)18-15-13(14(16)19-21-15)12-8-20-9(2)17-12/h8,10-11,18H,3-7H2,1-2H3,(H2,16,19). The van der Waals surface area contributed by atoms with Crippen LogP contribution in [0.2, 0.25) is 0 Å². The van der Waals surface area contributed by atoms with Gasteiger partial charge < -0.3 is 11.1 Å². The highest BCUT2D eigenvalue weighted by molar-refractivity contribution is 7.11. The lowest BCUT2D eigenvalue weighted by molar-refractivity contribution is 0.327. The van der Waals surface area contributed by atoms with Crippen LogP contribution in [0, 0.1) is 12.8 Å². The number of hydrogen-bond acceptors (Lipinski definition) is 6. The molecule has 0 saturated heterocycles. The molecule has 3 rings (SSSR count). The molecule has 2 atom stereocenters. The summed E-state index contributed by atoms with van der Waals surface area (Å²) in [7, 11) is 0. The van der Waals surface area contributed by atoms with Gasteiger partial charge in [0.25, 0.3) is 0 Å². The number of nitrogens with one attached hydrogen (secondary N) is 1. The van der Waals surface area contributed by atoms with E-state index in [4.69, 9.17) is 5.73 Å². The van der Waals surface area contributed by atoms with Crippen LogP contribution in [-0.2, 0) is 0 Å². The van der Waals surface area contributed by atoms with Crippen molar-refractivity contribution in [1.82, 2.24) is 9.36 Å². The second-order valence-corrected chi connectivity index (χ2v) is 7.64. The normalized spacial score (nSPS) is 22.4. The van der Waals surface area contributed by atoms with Crippen LogP contribution in [0.25, 0.3) is 11.3 Å². The molecule has 0 amide bonds. The largest absolute Gasteiger partial charge is 0.382 e. The lowest BCUT2D eigenvalue weighted by atomic mass is 9.84. The summed E-state index contributed by atoms with van der Waals surface area (Å²) in [6.07, 6.45) is 6.46. The minimum atomic E-state index is 0.544. The van der Waals surface area contributed by atoms with E-state index < -0.39 is 0 Å². The number of rotatable bonds is 4. The lowest BCUT2D eigenvalue weighted by Crippen LogP contribution is -2.26. The molecule has 2 aromatic rings. The molecular weight excluding hydrogens is 300 g/mol. The monoisotopic (exact) mass is 322 g/mol. The number of thiazole rings is 1. The van der Waals surface area contributed by atoms with Crippen molar-refractivity contribution in [2.45, 2.75) is 52.0 Å².